The van der Waals surface area contributed by atoms with Gasteiger partial charge in [0.05, 0.1) is 28.7 Å². The first-order chi connectivity index (χ1) is 11.4. The molecule has 1 aromatic carbocycles. The van der Waals surface area contributed by atoms with Crippen LogP contribution in [0, 0.1) is 13.8 Å². The normalized spacial score (nSPS) is 15.0. The van der Waals surface area contributed by atoms with E-state index in [4.69, 9.17) is 0 Å². The van der Waals surface area contributed by atoms with Crippen molar-refractivity contribution in [3.63, 3.8) is 0 Å². The Kier molecular flexibility index (Phi) is 4.69. The Hall–Kier alpha value is -1.80. The number of carbonyl (C=O) groups is 1. The van der Waals surface area contributed by atoms with Gasteiger partial charge in [0.15, 0.2) is 0 Å². The number of benzene rings is 1. The summed E-state index contributed by atoms with van der Waals surface area (Å²) in [4.78, 5) is 14.1. The minimum Gasteiger partial charge on any atom is -0.333 e. The summed E-state index contributed by atoms with van der Waals surface area (Å²) in [5.74, 6) is -0.206. The van der Waals surface area contributed by atoms with Gasteiger partial charge in [-0.05, 0) is 38.1 Å². The SMILES string of the molecule is Cc1nn(-c2ccc(Br)cc2)c(C)c1C(=O)N1CC(OC(F)F)C1. The third kappa shape index (κ3) is 3.21. The molecule has 1 aromatic heterocycles. The molecule has 5 nitrogen and oxygen atoms in total. The maximum atomic E-state index is 12.6. The molecule has 0 radical (unpaired) electrons. The van der Waals surface area contributed by atoms with Crippen molar-refractivity contribution >= 4 is 21.8 Å². The van der Waals surface area contributed by atoms with Crippen LogP contribution in [0.25, 0.3) is 5.69 Å². The van der Waals surface area contributed by atoms with Crippen LogP contribution < -0.4 is 0 Å². The van der Waals surface area contributed by atoms with Gasteiger partial charge in [-0.1, -0.05) is 15.9 Å². The van der Waals surface area contributed by atoms with E-state index < -0.39 is 12.7 Å². The van der Waals surface area contributed by atoms with E-state index in [-0.39, 0.29) is 19.0 Å². The van der Waals surface area contributed by atoms with E-state index in [0.29, 0.717) is 11.3 Å². The molecular weight excluding hydrogens is 384 g/mol. The Morgan fingerprint density at radius 1 is 1.29 bits per heavy atom. The van der Waals surface area contributed by atoms with E-state index >= 15 is 0 Å². The second-order valence-corrected chi connectivity index (χ2v) is 6.58. The summed E-state index contributed by atoms with van der Waals surface area (Å²) < 4.78 is 31.4. The largest absolute Gasteiger partial charge is 0.345 e. The lowest BCUT2D eigenvalue weighted by Crippen LogP contribution is -2.55. The molecule has 1 saturated heterocycles. The van der Waals surface area contributed by atoms with Gasteiger partial charge in [-0.2, -0.15) is 13.9 Å². The number of nitrogens with zero attached hydrogens (tertiary/aromatic N) is 3. The Morgan fingerprint density at radius 3 is 2.50 bits per heavy atom. The molecule has 0 atom stereocenters. The molecule has 1 aliphatic rings. The fourth-order valence-electron chi connectivity index (χ4n) is 2.78. The van der Waals surface area contributed by atoms with Gasteiger partial charge in [-0.25, -0.2) is 4.68 Å². The molecule has 128 valence electrons. The van der Waals surface area contributed by atoms with Crippen molar-refractivity contribution in [2.45, 2.75) is 26.6 Å². The zero-order valence-electron chi connectivity index (χ0n) is 13.2. The quantitative estimate of drug-likeness (QED) is 0.792. The molecule has 24 heavy (non-hydrogen) atoms. The van der Waals surface area contributed by atoms with Crippen LogP contribution in [-0.2, 0) is 4.74 Å². The number of alkyl halides is 2. The van der Waals surface area contributed by atoms with Crippen molar-refractivity contribution in [2.24, 2.45) is 0 Å². The summed E-state index contributed by atoms with van der Waals surface area (Å²) in [6.07, 6.45) is -0.601. The van der Waals surface area contributed by atoms with E-state index in [0.717, 1.165) is 15.9 Å². The summed E-state index contributed by atoms with van der Waals surface area (Å²) in [5, 5.41) is 4.44. The first-order valence-electron chi connectivity index (χ1n) is 7.42. The minimum atomic E-state index is -2.81. The van der Waals surface area contributed by atoms with Crippen molar-refractivity contribution in [3.8, 4) is 5.69 Å². The average Bonchev–Trinajstić information content (AvgIpc) is 2.77. The predicted molar refractivity (Wildman–Crippen MR) is 87.5 cm³/mol. The van der Waals surface area contributed by atoms with Crippen LogP contribution in [0.5, 0.6) is 0 Å². The lowest BCUT2D eigenvalue weighted by atomic mass is 10.1. The second-order valence-electron chi connectivity index (χ2n) is 5.66. The van der Waals surface area contributed by atoms with Crippen LogP contribution in [-0.4, -0.2) is 46.4 Å². The molecule has 0 unspecified atom stereocenters. The lowest BCUT2D eigenvalue weighted by molar-refractivity contribution is -0.189. The van der Waals surface area contributed by atoms with Crippen molar-refractivity contribution in [3.05, 3.63) is 45.7 Å². The predicted octanol–water partition coefficient (Wildman–Crippen LogP) is 3.32. The van der Waals surface area contributed by atoms with Gasteiger partial charge in [0.1, 0.15) is 0 Å². The van der Waals surface area contributed by atoms with E-state index in [1.165, 1.54) is 4.90 Å². The standard InChI is InChI=1S/C16H16BrF2N3O2/c1-9-14(15(23)21-7-13(8-21)24-16(18)19)10(2)22(20-9)12-5-3-11(17)4-6-12/h3-6,13,16H,7-8H2,1-2H3. The summed E-state index contributed by atoms with van der Waals surface area (Å²) in [6, 6.07) is 7.59. The lowest BCUT2D eigenvalue weighted by Gasteiger charge is -2.38. The minimum absolute atomic E-state index is 0.172. The van der Waals surface area contributed by atoms with Crippen LogP contribution in [0.2, 0.25) is 0 Å². The Morgan fingerprint density at radius 2 is 1.92 bits per heavy atom. The van der Waals surface area contributed by atoms with Crippen molar-refractivity contribution < 1.29 is 18.3 Å². The molecule has 1 amide bonds. The molecule has 0 spiro atoms. The Bertz CT molecular complexity index is 755. The molecule has 2 aromatic rings. The monoisotopic (exact) mass is 399 g/mol. The van der Waals surface area contributed by atoms with Crippen molar-refractivity contribution in [1.29, 1.82) is 0 Å². The van der Waals surface area contributed by atoms with E-state index in [9.17, 15) is 13.6 Å². The number of hydrogen-bond donors (Lipinski definition) is 0. The second kappa shape index (κ2) is 6.60. The molecule has 2 heterocycles. The highest BCUT2D eigenvalue weighted by atomic mass is 79.9. The van der Waals surface area contributed by atoms with Crippen LogP contribution in [0.1, 0.15) is 21.7 Å². The first-order valence-corrected chi connectivity index (χ1v) is 8.21. The number of ether oxygens (including phenoxy) is 1. The number of aryl methyl sites for hydroxylation is 1. The van der Waals surface area contributed by atoms with Crippen molar-refractivity contribution in [2.75, 3.05) is 13.1 Å². The fourth-order valence-corrected chi connectivity index (χ4v) is 3.04. The number of carbonyl (C=O) groups excluding carboxylic acids is 1. The van der Waals surface area contributed by atoms with Crippen LogP contribution >= 0.6 is 15.9 Å². The highest BCUT2D eigenvalue weighted by Crippen LogP contribution is 2.24. The highest BCUT2D eigenvalue weighted by molar-refractivity contribution is 9.10. The topological polar surface area (TPSA) is 47.4 Å². The van der Waals surface area contributed by atoms with Gasteiger partial charge >= 0.3 is 6.61 Å². The van der Waals surface area contributed by atoms with E-state index in [1.807, 2.05) is 31.2 Å². The number of amides is 1. The van der Waals surface area contributed by atoms with Gasteiger partial charge in [-0.3, -0.25) is 4.79 Å². The van der Waals surface area contributed by atoms with E-state index in [1.54, 1.807) is 11.6 Å². The smallest absolute Gasteiger partial charge is 0.333 e. The molecule has 1 fully saturated rings. The third-order valence-corrected chi connectivity index (χ3v) is 4.54. The van der Waals surface area contributed by atoms with Crippen LogP contribution in [0.4, 0.5) is 8.78 Å². The molecular formula is C16H16BrF2N3O2. The summed E-state index contributed by atoms with van der Waals surface area (Å²) in [6.45, 7) is 1.12. The summed E-state index contributed by atoms with van der Waals surface area (Å²) in [5.41, 5.74) is 2.69. The zero-order valence-corrected chi connectivity index (χ0v) is 14.8. The number of aromatic nitrogens is 2. The van der Waals surface area contributed by atoms with Crippen LogP contribution in [0.15, 0.2) is 28.7 Å². The first kappa shape index (κ1) is 17.0. The Labute approximate surface area is 146 Å². The Balaban J connectivity index is 1.80. The van der Waals surface area contributed by atoms with Gasteiger partial charge in [-0.15, -0.1) is 0 Å². The third-order valence-electron chi connectivity index (χ3n) is 4.01. The fraction of sp³-hybridized carbons (Fsp3) is 0.375. The molecule has 3 rings (SSSR count). The molecule has 0 aliphatic carbocycles. The number of halogens is 3. The molecule has 0 saturated carbocycles. The number of rotatable bonds is 4. The maximum Gasteiger partial charge on any atom is 0.345 e. The molecule has 8 heteroatoms. The molecule has 0 N–H and O–H groups in total. The average molecular weight is 400 g/mol. The van der Waals surface area contributed by atoms with Gasteiger partial charge in [0.25, 0.3) is 5.91 Å². The highest BCUT2D eigenvalue weighted by Gasteiger charge is 2.35. The molecule has 1 aliphatic heterocycles. The van der Waals surface area contributed by atoms with Gasteiger partial charge in [0.2, 0.25) is 0 Å². The maximum absolute atomic E-state index is 12.6. The van der Waals surface area contributed by atoms with Crippen LogP contribution in [0.3, 0.4) is 0 Å². The molecule has 0 bridgehead atoms. The zero-order chi connectivity index (χ0) is 17.4. The summed E-state index contributed by atoms with van der Waals surface area (Å²) in [7, 11) is 0. The van der Waals surface area contributed by atoms with E-state index in [2.05, 4.69) is 25.8 Å². The number of likely N-dealkylation sites (tertiary alicyclic amines) is 1. The number of hydrogen-bond acceptors (Lipinski definition) is 3. The van der Waals surface area contributed by atoms with Crippen molar-refractivity contribution in [1.82, 2.24) is 14.7 Å². The summed E-state index contributed by atoms with van der Waals surface area (Å²) >= 11 is 3.38. The van der Waals surface area contributed by atoms with Gasteiger partial charge < -0.3 is 9.64 Å². The van der Waals surface area contributed by atoms with Gasteiger partial charge in [0, 0.05) is 17.6 Å².